The highest BCUT2D eigenvalue weighted by Crippen LogP contribution is 2.38. The van der Waals surface area contributed by atoms with Gasteiger partial charge < -0.3 is 14.2 Å². The molecule has 1 atom stereocenters. The lowest BCUT2D eigenvalue weighted by Gasteiger charge is -2.33. The molecule has 0 aliphatic heterocycles. The van der Waals surface area contributed by atoms with Crippen LogP contribution in [-0.4, -0.2) is 36.2 Å². The number of ether oxygens (including phenoxy) is 1. The van der Waals surface area contributed by atoms with E-state index in [4.69, 9.17) is 9.26 Å². The van der Waals surface area contributed by atoms with Gasteiger partial charge in [-0.3, -0.25) is 4.79 Å². The standard InChI is InChI=1S/C21H27FN2O3/c1-21(2,3)14-5-10-18-17(13-14)19(23-27-18)20(25)24(4)11-12-26-16-8-6-15(22)7-9-16/h6-9,14H,5,10-13H2,1-4H3/t14-/m0/s1. The van der Waals surface area contributed by atoms with Gasteiger partial charge in [-0.2, -0.15) is 0 Å². The van der Waals surface area contributed by atoms with Crippen molar-refractivity contribution in [3.8, 4) is 5.75 Å². The Kier molecular flexibility index (Phi) is 5.53. The van der Waals surface area contributed by atoms with Crippen LogP contribution in [0.4, 0.5) is 4.39 Å². The van der Waals surface area contributed by atoms with Crippen LogP contribution < -0.4 is 4.74 Å². The van der Waals surface area contributed by atoms with E-state index in [-0.39, 0.29) is 17.1 Å². The average Bonchev–Trinajstić information content (AvgIpc) is 3.05. The van der Waals surface area contributed by atoms with Crippen molar-refractivity contribution in [3.63, 3.8) is 0 Å². The molecule has 1 aromatic carbocycles. The molecule has 27 heavy (non-hydrogen) atoms. The lowest BCUT2D eigenvalue weighted by atomic mass is 9.71. The van der Waals surface area contributed by atoms with Gasteiger partial charge in [0.05, 0.1) is 6.54 Å². The predicted molar refractivity (Wildman–Crippen MR) is 100 cm³/mol. The van der Waals surface area contributed by atoms with E-state index in [0.717, 1.165) is 30.6 Å². The third-order valence-corrected chi connectivity index (χ3v) is 5.32. The summed E-state index contributed by atoms with van der Waals surface area (Å²) in [6.07, 6.45) is 2.71. The van der Waals surface area contributed by atoms with Crippen LogP contribution in [0.25, 0.3) is 0 Å². The monoisotopic (exact) mass is 374 g/mol. The van der Waals surface area contributed by atoms with Gasteiger partial charge in [0, 0.05) is 19.0 Å². The number of amides is 1. The maximum atomic E-state index is 12.9. The first-order valence-corrected chi connectivity index (χ1v) is 9.37. The van der Waals surface area contributed by atoms with E-state index < -0.39 is 0 Å². The molecule has 1 aliphatic rings. The van der Waals surface area contributed by atoms with Crippen molar-refractivity contribution < 1.29 is 18.4 Å². The molecule has 1 aromatic heterocycles. The van der Waals surface area contributed by atoms with Gasteiger partial charge in [0.1, 0.15) is 23.9 Å². The molecule has 1 heterocycles. The fourth-order valence-corrected chi connectivity index (χ4v) is 3.42. The molecule has 0 fully saturated rings. The Bertz CT molecular complexity index is 793. The number of hydrogen-bond acceptors (Lipinski definition) is 4. The Morgan fingerprint density at radius 1 is 1.33 bits per heavy atom. The molecule has 0 radical (unpaired) electrons. The lowest BCUT2D eigenvalue weighted by Crippen LogP contribution is -2.33. The maximum absolute atomic E-state index is 12.9. The summed E-state index contributed by atoms with van der Waals surface area (Å²) in [5.41, 5.74) is 1.56. The second-order valence-corrected chi connectivity index (χ2v) is 8.27. The van der Waals surface area contributed by atoms with Gasteiger partial charge >= 0.3 is 0 Å². The van der Waals surface area contributed by atoms with Gasteiger partial charge in [-0.05, 0) is 48.4 Å². The minimum Gasteiger partial charge on any atom is -0.492 e. The summed E-state index contributed by atoms with van der Waals surface area (Å²) in [6, 6.07) is 5.82. The van der Waals surface area contributed by atoms with Crippen LogP contribution in [0.5, 0.6) is 5.75 Å². The first kappa shape index (κ1) is 19.4. The van der Waals surface area contributed by atoms with Gasteiger partial charge in [0.2, 0.25) is 0 Å². The minimum absolute atomic E-state index is 0.155. The van der Waals surface area contributed by atoms with Gasteiger partial charge in [-0.1, -0.05) is 25.9 Å². The summed E-state index contributed by atoms with van der Waals surface area (Å²) < 4.78 is 23.9. The third-order valence-electron chi connectivity index (χ3n) is 5.32. The lowest BCUT2D eigenvalue weighted by molar-refractivity contribution is 0.0762. The molecule has 6 heteroatoms. The highest BCUT2D eigenvalue weighted by atomic mass is 19.1. The van der Waals surface area contributed by atoms with Crippen LogP contribution >= 0.6 is 0 Å². The van der Waals surface area contributed by atoms with E-state index in [1.54, 1.807) is 24.1 Å². The van der Waals surface area contributed by atoms with Crippen LogP contribution in [-0.2, 0) is 12.8 Å². The quantitative estimate of drug-likeness (QED) is 0.790. The van der Waals surface area contributed by atoms with Crippen molar-refractivity contribution in [2.75, 3.05) is 20.2 Å². The summed E-state index contributed by atoms with van der Waals surface area (Å²) in [5.74, 6) is 1.46. The molecule has 1 amide bonds. The molecule has 0 unspecified atom stereocenters. The second kappa shape index (κ2) is 7.71. The summed E-state index contributed by atoms with van der Waals surface area (Å²) in [5, 5.41) is 4.06. The molecule has 0 N–H and O–H groups in total. The third kappa shape index (κ3) is 4.49. The highest BCUT2D eigenvalue weighted by Gasteiger charge is 2.34. The largest absolute Gasteiger partial charge is 0.492 e. The Labute approximate surface area is 159 Å². The van der Waals surface area contributed by atoms with Crippen molar-refractivity contribution >= 4 is 5.91 Å². The average molecular weight is 374 g/mol. The molecule has 146 valence electrons. The summed E-state index contributed by atoms with van der Waals surface area (Å²) >= 11 is 0. The fourth-order valence-electron chi connectivity index (χ4n) is 3.42. The minimum atomic E-state index is -0.306. The number of halogens is 1. The zero-order valence-electron chi connectivity index (χ0n) is 16.4. The van der Waals surface area contributed by atoms with E-state index in [0.29, 0.717) is 30.5 Å². The number of fused-ring (bicyclic) bond motifs is 1. The van der Waals surface area contributed by atoms with E-state index in [2.05, 4.69) is 25.9 Å². The topological polar surface area (TPSA) is 55.6 Å². The molecule has 0 bridgehead atoms. The van der Waals surface area contributed by atoms with Gasteiger partial charge in [-0.15, -0.1) is 0 Å². The van der Waals surface area contributed by atoms with Crippen LogP contribution in [0.2, 0.25) is 0 Å². The number of carbonyl (C=O) groups excluding carboxylic acids is 1. The smallest absolute Gasteiger partial charge is 0.276 e. The SMILES string of the molecule is CN(CCOc1ccc(F)cc1)C(=O)c1noc2c1C[C@@H](C(C)(C)C)CC2. The maximum Gasteiger partial charge on any atom is 0.276 e. The van der Waals surface area contributed by atoms with E-state index >= 15 is 0 Å². The number of aryl methyl sites for hydroxylation is 1. The first-order chi connectivity index (χ1) is 12.8. The number of nitrogens with zero attached hydrogens (tertiary/aromatic N) is 2. The van der Waals surface area contributed by atoms with Crippen LogP contribution in [0, 0.1) is 17.2 Å². The van der Waals surface area contributed by atoms with Gasteiger partial charge in [-0.25, -0.2) is 4.39 Å². The number of rotatable bonds is 5. The van der Waals surface area contributed by atoms with Crippen LogP contribution in [0.3, 0.4) is 0 Å². The van der Waals surface area contributed by atoms with E-state index in [1.165, 1.54) is 12.1 Å². The Balaban J connectivity index is 1.61. The van der Waals surface area contributed by atoms with Crippen molar-refractivity contribution in [2.45, 2.75) is 40.0 Å². The number of likely N-dealkylation sites (N-methyl/N-ethyl adjacent to an activating group) is 1. The summed E-state index contributed by atoms with van der Waals surface area (Å²) in [7, 11) is 1.72. The second-order valence-electron chi connectivity index (χ2n) is 8.27. The predicted octanol–water partition coefficient (Wildman–Crippen LogP) is 4.12. The normalized spacial score (nSPS) is 16.7. The van der Waals surface area contributed by atoms with Gasteiger partial charge in [0.25, 0.3) is 5.91 Å². The van der Waals surface area contributed by atoms with Crippen LogP contribution in [0.15, 0.2) is 28.8 Å². The van der Waals surface area contributed by atoms with Crippen molar-refractivity contribution in [1.82, 2.24) is 10.1 Å². The molecular formula is C21H27FN2O3. The molecule has 1 aliphatic carbocycles. The van der Waals surface area contributed by atoms with Crippen molar-refractivity contribution in [1.29, 1.82) is 0 Å². The number of benzene rings is 1. The Morgan fingerprint density at radius 2 is 2.04 bits per heavy atom. The fraction of sp³-hybridized carbons (Fsp3) is 0.524. The molecule has 3 rings (SSSR count). The Hall–Kier alpha value is -2.37. The number of carbonyl (C=O) groups is 1. The van der Waals surface area contributed by atoms with E-state index in [1.807, 2.05) is 0 Å². The zero-order valence-corrected chi connectivity index (χ0v) is 16.4. The number of aromatic nitrogens is 1. The summed E-state index contributed by atoms with van der Waals surface area (Å²) in [6.45, 7) is 7.42. The molecule has 2 aromatic rings. The zero-order chi connectivity index (χ0) is 19.6. The highest BCUT2D eigenvalue weighted by molar-refractivity contribution is 5.93. The molecule has 0 saturated heterocycles. The van der Waals surface area contributed by atoms with Crippen molar-refractivity contribution in [3.05, 3.63) is 47.1 Å². The van der Waals surface area contributed by atoms with Crippen LogP contribution in [0.1, 0.15) is 49.0 Å². The Morgan fingerprint density at radius 3 is 2.70 bits per heavy atom. The van der Waals surface area contributed by atoms with E-state index in [9.17, 15) is 9.18 Å². The molecular weight excluding hydrogens is 347 g/mol. The molecule has 5 nitrogen and oxygen atoms in total. The summed E-state index contributed by atoms with van der Waals surface area (Å²) in [4.78, 5) is 14.4. The van der Waals surface area contributed by atoms with Gasteiger partial charge in [0.15, 0.2) is 5.69 Å². The van der Waals surface area contributed by atoms with Crippen molar-refractivity contribution in [2.24, 2.45) is 11.3 Å². The molecule has 0 saturated carbocycles. The molecule has 0 spiro atoms. The first-order valence-electron chi connectivity index (χ1n) is 9.37. The number of hydrogen-bond donors (Lipinski definition) is 0.